The molecule has 21 heavy (non-hydrogen) atoms. The van der Waals surface area contributed by atoms with Crippen molar-refractivity contribution < 1.29 is 19.4 Å². The normalized spacial score (nSPS) is 21.7. The van der Waals surface area contributed by atoms with Gasteiger partial charge < -0.3 is 14.7 Å². The van der Waals surface area contributed by atoms with E-state index in [1.807, 2.05) is 32.0 Å². The Morgan fingerprint density at radius 2 is 2.19 bits per heavy atom. The van der Waals surface area contributed by atoms with Crippen LogP contribution in [-0.4, -0.2) is 35.5 Å². The number of benzene rings is 1. The van der Waals surface area contributed by atoms with E-state index in [0.717, 1.165) is 23.3 Å². The number of ether oxygens (including phenoxy) is 1. The lowest BCUT2D eigenvalue weighted by atomic mass is 9.92. The van der Waals surface area contributed by atoms with E-state index in [4.69, 9.17) is 4.74 Å². The zero-order valence-electron chi connectivity index (χ0n) is 12.6. The van der Waals surface area contributed by atoms with Crippen LogP contribution in [0.1, 0.15) is 36.9 Å². The van der Waals surface area contributed by atoms with Crippen molar-refractivity contribution in [1.82, 2.24) is 4.90 Å². The number of carboxylic acid groups (broad SMARTS) is 1. The minimum Gasteiger partial charge on any atom is -0.496 e. The lowest BCUT2D eigenvalue weighted by Crippen LogP contribution is -2.31. The molecule has 1 fully saturated rings. The first-order valence-electron chi connectivity index (χ1n) is 7.16. The fourth-order valence-electron chi connectivity index (χ4n) is 3.01. The van der Waals surface area contributed by atoms with Gasteiger partial charge in [-0.2, -0.15) is 0 Å². The number of carbonyl (C=O) groups excluding carboxylic acids is 1. The van der Waals surface area contributed by atoms with E-state index in [1.165, 1.54) is 0 Å². The Morgan fingerprint density at radius 3 is 2.71 bits per heavy atom. The minimum atomic E-state index is -0.916. The van der Waals surface area contributed by atoms with Crippen LogP contribution >= 0.6 is 0 Å². The van der Waals surface area contributed by atoms with Crippen LogP contribution in [0.3, 0.4) is 0 Å². The number of methoxy groups -OCH3 is 1. The van der Waals surface area contributed by atoms with E-state index in [2.05, 4.69) is 0 Å². The van der Waals surface area contributed by atoms with Crippen molar-refractivity contribution in [3.05, 3.63) is 29.3 Å². The molecule has 0 aliphatic carbocycles. The van der Waals surface area contributed by atoms with Crippen molar-refractivity contribution in [3.8, 4) is 5.75 Å². The Hall–Kier alpha value is -2.04. The molecule has 1 saturated heterocycles. The molecule has 1 N–H and O–H groups in total. The lowest BCUT2D eigenvalue weighted by molar-refractivity contribution is -0.142. The van der Waals surface area contributed by atoms with Crippen molar-refractivity contribution in [2.45, 2.75) is 32.7 Å². The summed E-state index contributed by atoms with van der Waals surface area (Å²) in [6.07, 6.45) is 0.884. The number of carboxylic acids is 1. The van der Waals surface area contributed by atoms with Gasteiger partial charge >= 0.3 is 5.97 Å². The second-order valence-electron chi connectivity index (χ2n) is 5.41. The first kappa shape index (κ1) is 15.4. The van der Waals surface area contributed by atoms with Gasteiger partial charge in [0.15, 0.2) is 0 Å². The fraction of sp³-hybridized carbons (Fsp3) is 0.500. The van der Waals surface area contributed by atoms with Crippen LogP contribution in [0, 0.1) is 12.8 Å². The molecular formula is C16H21NO4. The molecule has 2 unspecified atom stereocenters. The second kappa shape index (κ2) is 6.16. The van der Waals surface area contributed by atoms with E-state index in [9.17, 15) is 14.7 Å². The van der Waals surface area contributed by atoms with Crippen molar-refractivity contribution in [2.24, 2.45) is 5.92 Å². The summed E-state index contributed by atoms with van der Waals surface area (Å²) in [4.78, 5) is 25.3. The van der Waals surface area contributed by atoms with Crippen molar-refractivity contribution in [3.63, 3.8) is 0 Å². The molecule has 0 saturated carbocycles. The Bertz CT molecular complexity index is 555. The molecule has 1 aliphatic rings. The summed E-state index contributed by atoms with van der Waals surface area (Å²) in [5.74, 6) is -0.919. The predicted octanol–water partition coefficient (Wildman–Crippen LogP) is 2.39. The van der Waals surface area contributed by atoms with Gasteiger partial charge in [-0.3, -0.25) is 9.59 Å². The van der Waals surface area contributed by atoms with Crippen LogP contribution in [0.2, 0.25) is 0 Å². The van der Waals surface area contributed by atoms with E-state index >= 15 is 0 Å². The molecule has 1 aromatic rings. The number of hydrogen-bond donors (Lipinski definition) is 1. The summed E-state index contributed by atoms with van der Waals surface area (Å²) in [5.41, 5.74) is 1.80. The largest absolute Gasteiger partial charge is 0.496 e. The maximum absolute atomic E-state index is 12.1. The highest BCUT2D eigenvalue weighted by atomic mass is 16.5. The molecule has 114 valence electrons. The summed E-state index contributed by atoms with van der Waals surface area (Å²) in [6.45, 7) is 4.48. The molecule has 0 aromatic heterocycles. The Balaban J connectivity index is 2.42. The Morgan fingerprint density at radius 1 is 1.48 bits per heavy atom. The average Bonchev–Trinajstić information content (AvgIpc) is 2.77. The summed E-state index contributed by atoms with van der Waals surface area (Å²) >= 11 is 0. The number of carbonyl (C=O) groups is 2. The van der Waals surface area contributed by atoms with Gasteiger partial charge in [-0.05, 0) is 30.5 Å². The SMILES string of the molecule is CCCN1C(=O)CC(C(=O)O)C1c1ccc(OC)c(C)c1. The van der Waals surface area contributed by atoms with Crippen molar-refractivity contribution in [2.75, 3.05) is 13.7 Å². The standard InChI is InChI=1S/C16H21NO4/c1-4-7-17-14(18)9-12(16(19)20)15(17)11-5-6-13(21-3)10(2)8-11/h5-6,8,12,15H,4,7,9H2,1-3H3,(H,19,20). The molecule has 1 aliphatic heterocycles. The van der Waals surface area contributed by atoms with Gasteiger partial charge in [0.1, 0.15) is 5.75 Å². The van der Waals surface area contributed by atoms with Crippen LogP contribution < -0.4 is 4.74 Å². The number of aryl methyl sites for hydroxylation is 1. The molecule has 2 rings (SSSR count). The number of likely N-dealkylation sites (tertiary alicyclic amines) is 1. The summed E-state index contributed by atoms with van der Waals surface area (Å²) in [7, 11) is 1.60. The quantitative estimate of drug-likeness (QED) is 0.904. The summed E-state index contributed by atoms with van der Waals surface area (Å²) in [5, 5.41) is 9.42. The van der Waals surface area contributed by atoms with Gasteiger partial charge in [-0.15, -0.1) is 0 Å². The predicted molar refractivity (Wildman–Crippen MR) is 78.2 cm³/mol. The van der Waals surface area contributed by atoms with Crippen LogP contribution in [0.4, 0.5) is 0 Å². The van der Waals surface area contributed by atoms with Crippen LogP contribution in [-0.2, 0) is 9.59 Å². The first-order valence-corrected chi connectivity index (χ1v) is 7.16. The summed E-state index contributed by atoms with van der Waals surface area (Å²) in [6, 6.07) is 5.21. The number of aliphatic carboxylic acids is 1. The van der Waals surface area contributed by atoms with Gasteiger partial charge in [0, 0.05) is 13.0 Å². The van der Waals surface area contributed by atoms with Crippen LogP contribution in [0.25, 0.3) is 0 Å². The average molecular weight is 291 g/mol. The maximum Gasteiger partial charge on any atom is 0.309 e. The zero-order chi connectivity index (χ0) is 15.6. The number of amides is 1. The molecule has 0 bridgehead atoms. The molecule has 0 radical (unpaired) electrons. The highest BCUT2D eigenvalue weighted by Gasteiger charge is 2.44. The summed E-state index contributed by atoms with van der Waals surface area (Å²) < 4.78 is 5.24. The van der Waals surface area contributed by atoms with Crippen LogP contribution in [0.15, 0.2) is 18.2 Å². The second-order valence-corrected chi connectivity index (χ2v) is 5.41. The van der Waals surface area contributed by atoms with Gasteiger partial charge in [-0.1, -0.05) is 19.1 Å². The molecule has 0 spiro atoms. The third kappa shape index (κ3) is 2.86. The monoisotopic (exact) mass is 291 g/mol. The zero-order valence-corrected chi connectivity index (χ0v) is 12.6. The van der Waals surface area contributed by atoms with Gasteiger partial charge in [0.05, 0.1) is 19.1 Å². The van der Waals surface area contributed by atoms with Crippen LogP contribution in [0.5, 0.6) is 5.75 Å². The fourth-order valence-corrected chi connectivity index (χ4v) is 3.01. The highest BCUT2D eigenvalue weighted by molar-refractivity contribution is 5.87. The molecule has 1 amide bonds. The van der Waals surface area contributed by atoms with E-state index < -0.39 is 11.9 Å². The molecule has 5 heteroatoms. The third-order valence-corrected chi connectivity index (χ3v) is 3.97. The smallest absolute Gasteiger partial charge is 0.309 e. The maximum atomic E-state index is 12.1. The lowest BCUT2D eigenvalue weighted by Gasteiger charge is -2.27. The number of rotatable bonds is 5. The molecule has 1 heterocycles. The first-order chi connectivity index (χ1) is 9.99. The molecule has 2 atom stereocenters. The van der Waals surface area contributed by atoms with E-state index in [-0.39, 0.29) is 18.4 Å². The molecule has 5 nitrogen and oxygen atoms in total. The van der Waals surface area contributed by atoms with Gasteiger partial charge in [0.25, 0.3) is 0 Å². The van der Waals surface area contributed by atoms with E-state index in [1.54, 1.807) is 12.0 Å². The highest BCUT2D eigenvalue weighted by Crippen LogP contribution is 2.39. The van der Waals surface area contributed by atoms with Crippen molar-refractivity contribution in [1.29, 1.82) is 0 Å². The third-order valence-electron chi connectivity index (χ3n) is 3.97. The number of hydrogen-bond acceptors (Lipinski definition) is 3. The van der Waals surface area contributed by atoms with Crippen molar-refractivity contribution >= 4 is 11.9 Å². The topological polar surface area (TPSA) is 66.8 Å². The molecular weight excluding hydrogens is 270 g/mol. The Kier molecular flexibility index (Phi) is 4.50. The van der Waals surface area contributed by atoms with Gasteiger partial charge in [0.2, 0.25) is 5.91 Å². The van der Waals surface area contributed by atoms with E-state index in [0.29, 0.717) is 6.54 Å². The minimum absolute atomic E-state index is 0.0745. The molecule has 1 aromatic carbocycles. The Labute approximate surface area is 124 Å². The van der Waals surface area contributed by atoms with Gasteiger partial charge in [-0.25, -0.2) is 0 Å². The number of nitrogens with zero attached hydrogens (tertiary/aromatic N) is 1.